The standard InChI is InChI=1S/C12H16FN3O/c13-11-3-1-10(2-4-11)9-12(17)15-5-7-16(14)8-6-15/h1-4H,5-9,14H2. The van der Waals surface area contributed by atoms with Crippen molar-refractivity contribution in [2.45, 2.75) is 6.42 Å². The van der Waals surface area contributed by atoms with E-state index in [0.29, 0.717) is 32.6 Å². The molecule has 5 heteroatoms. The summed E-state index contributed by atoms with van der Waals surface area (Å²) in [6.45, 7) is 2.73. The lowest BCUT2D eigenvalue weighted by molar-refractivity contribution is -0.132. The van der Waals surface area contributed by atoms with Gasteiger partial charge in [-0.15, -0.1) is 0 Å². The molecule has 1 aliphatic heterocycles. The molecular weight excluding hydrogens is 221 g/mol. The van der Waals surface area contributed by atoms with Crippen LogP contribution in [0.15, 0.2) is 24.3 Å². The lowest BCUT2D eigenvalue weighted by Gasteiger charge is -2.32. The van der Waals surface area contributed by atoms with E-state index in [1.54, 1.807) is 22.0 Å². The van der Waals surface area contributed by atoms with Gasteiger partial charge in [-0.25, -0.2) is 9.40 Å². The summed E-state index contributed by atoms with van der Waals surface area (Å²) in [5, 5.41) is 1.71. The quantitative estimate of drug-likeness (QED) is 0.757. The van der Waals surface area contributed by atoms with Crippen LogP contribution >= 0.6 is 0 Å². The van der Waals surface area contributed by atoms with Crippen molar-refractivity contribution in [2.24, 2.45) is 5.84 Å². The molecule has 1 amide bonds. The molecule has 0 saturated carbocycles. The van der Waals surface area contributed by atoms with E-state index in [4.69, 9.17) is 5.84 Å². The number of benzene rings is 1. The van der Waals surface area contributed by atoms with Crippen molar-refractivity contribution in [3.63, 3.8) is 0 Å². The summed E-state index contributed by atoms with van der Waals surface area (Å²) in [7, 11) is 0. The van der Waals surface area contributed by atoms with E-state index in [9.17, 15) is 9.18 Å². The van der Waals surface area contributed by atoms with Crippen LogP contribution in [-0.2, 0) is 11.2 Å². The van der Waals surface area contributed by atoms with Gasteiger partial charge in [-0.1, -0.05) is 12.1 Å². The molecule has 2 N–H and O–H groups in total. The van der Waals surface area contributed by atoms with E-state index < -0.39 is 0 Å². The number of amides is 1. The molecule has 0 atom stereocenters. The number of nitrogens with two attached hydrogens (primary N) is 1. The number of halogens is 1. The highest BCUT2D eigenvalue weighted by atomic mass is 19.1. The first-order valence-electron chi connectivity index (χ1n) is 5.67. The minimum absolute atomic E-state index is 0.0738. The third-order valence-electron chi connectivity index (χ3n) is 2.94. The van der Waals surface area contributed by atoms with Crippen LogP contribution in [0.4, 0.5) is 4.39 Å². The molecule has 1 aliphatic rings. The van der Waals surface area contributed by atoms with Crippen molar-refractivity contribution in [3.05, 3.63) is 35.6 Å². The molecular formula is C12H16FN3O. The van der Waals surface area contributed by atoms with Gasteiger partial charge in [0.05, 0.1) is 6.42 Å². The summed E-state index contributed by atoms with van der Waals surface area (Å²) < 4.78 is 12.7. The summed E-state index contributed by atoms with van der Waals surface area (Å²) in [5.41, 5.74) is 0.839. The van der Waals surface area contributed by atoms with E-state index in [1.165, 1.54) is 12.1 Å². The predicted molar refractivity (Wildman–Crippen MR) is 62.4 cm³/mol. The van der Waals surface area contributed by atoms with Gasteiger partial charge in [0.25, 0.3) is 0 Å². The number of carbonyl (C=O) groups excluding carboxylic acids is 1. The Morgan fingerprint density at radius 3 is 2.35 bits per heavy atom. The summed E-state index contributed by atoms with van der Waals surface area (Å²) in [6.07, 6.45) is 0.324. The van der Waals surface area contributed by atoms with Gasteiger partial charge in [0.2, 0.25) is 5.91 Å². The van der Waals surface area contributed by atoms with Crippen molar-refractivity contribution in [1.29, 1.82) is 0 Å². The maximum absolute atomic E-state index is 12.7. The van der Waals surface area contributed by atoms with Gasteiger partial charge >= 0.3 is 0 Å². The van der Waals surface area contributed by atoms with Crippen LogP contribution in [-0.4, -0.2) is 42.0 Å². The molecule has 0 spiro atoms. The van der Waals surface area contributed by atoms with Crippen LogP contribution in [0.2, 0.25) is 0 Å². The van der Waals surface area contributed by atoms with Gasteiger partial charge in [0.1, 0.15) is 5.82 Å². The third-order valence-corrected chi connectivity index (χ3v) is 2.94. The SMILES string of the molecule is NN1CCN(C(=O)Cc2ccc(F)cc2)CC1. The topological polar surface area (TPSA) is 49.6 Å². The summed E-state index contributed by atoms with van der Waals surface area (Å²) in [5.74, 6) is 5.41. The fourth-order valence-electron chi connectivity index (χ4n) is 1.86. The molecule has 1 aromatic carbocycles. The number of hydrogen-bond donors (Lipinski definition) is 1. The monoisotopic (exact) mass is 237 g/mol. The normalized spacial score (nSPS) is 17.2. The van der Waals surface area contributed by atoms with Gasteiger partial charge in [-0.2, -0.15) is 0 Å². The number of piperazine rings is 1. The number of hydrogen-bond acceptors (Lipinski definition) is 3. The highest BCUT2D eigenvalue weighted by Gasteiger charge is 2.19. The maximum atomic E-state index is 12.7. The second-order valence-corrected chi connectivity index (χ2v) is 4.22. The van der Waals surface area contributed by atoms with Crippen molar-refractivity contribution < 1.29 is 9.18 Å². The van der Waals surface area contributed by atoms with Gasteiger partial charge in [0, 0.05) is 26.2 Å². The first-order chi connectivity index (χ1) is 8.15. The molecule has 92 valence electrons. The fourth-order valence-corrected chi connectivity index (χ4v) is 1.86. The van der Waals surface area contributed by atoms with Crippen LogP contribution in [0, 0.1) is 5.82 Å². The van der Waals surface area contributed by atoms with Gasteiger partial charge < -0.3 is 4.90 Å². The number of nitrogens with zero attached hydrogens (tertiary/aromatic N) is 2. The van der Waals surface area contributed by atoms with Gasteiger partial charge in [-0.3, -0.25) is 10.6 Å². The summed E-state index contributed by atoms with van der Waals surface area (Å²) in [6, 6.07) is 6.04. The first-order valence-corrected chi connectivity index (χ1v) is 5.67. The molecule has 17 heavy (non-hydrogen) atoms. The van der Waals surface area contributed by atoms with Gasteiger partial charge in [-0.05, 0) is 17.7 Å². The Hall–Kier alpha value is -1.46. The lowest BCUT2D eigenvalue weighted by Crippen LogP contribution is -2.51. The van der Waals surface area contributed by atoms with Crippen LogP contribution in [0.25, 0.3) is 0 Å². The molecule has 1 heterocycles. The third kappa shape index (κ3) is 3.25. The average molecular weight is 237 g/mol. The molecule has 0 radical (unpaired) electrons. The molecule has 0 aliphatic carbocycles. The van der Waals surface area contributed by atoms with E-state index in [1.807, 2.05) is 0 Å². The Kier molecular flexibility index (Phi) is 3.71. The van der Waals surface area contributed by atoms with Crippen molar-refractivity contribution in [2.75, 3.05) is 26.2 Å². The van der Waals surface area contributed by atoms with E-state index in [2.05, 4.69) is 0 Å². The summed E-state index contributed by atoms with van der Waals surface area (Å²) in [4.78, 5) is 13.7. The van der Waals surface area contributed by atoms with Crippen molar-refractivity contribution in [3.8, 4) is 0 Å². The Morgan fingerprint density at radius 2 is 1.76 bits per heavy atom. The van der Waals surface area contributed by atoms with Crippen molar-refractivity contribution in [1.82, 2.24) is 9.91 Å². The number of carbonyl (C=O) groups is 1. The summed E-state index contributed by atoms with van der Waals surface area (Å²) >= 11 is 0. The predicted octanol–water partition coefficient (Wildman–Crippen LogP) is 0.386. The molecule has 1 fully saturated rings. The zero-order chi connectivity index (χ0) is 12.3. The average Bonchev–Trinajstić information content (AvgIpc) is 2.33. The Bertz CT molecular complexity index is 385. The van der Waals surface area contributed by atoms with Crippen LogP contribution in [0.1, 0.15) is 5.56 Å². The second-order valence-electron chi connectivity index (χ2n) is 4.22. The Labute approximate surface area is 99.8 Å². The van der Waals surface area contributed by atoms with E-state index in [0.717, 1.165) is 5.56 Å². The van der Waals surface area contributed by atoms with Crippen LogP contribution in [0.5, 0.6) is 0 Å². The minimum Gasteiger partial charge on any atom is -0.340 e. The molecule has 0 aromatic heterocycles. The van der Waals surface area contributed by atoms with Crippen molar-refractivity contribution >= 4 is 5.91 Å². The fraction of sp³-hybridized carbons (Fsp3) is 0.417. The Balaban J connectivity index is 1.90. The van der Waals surface area contributed by atoms with E-state index >= 15 is 0 Å². The zero-order valence-electron chi connectivity index (χ0n) is 9.60. The first kappa shape index (κ1) is 12.0. The lowest BCUT2D eigenvalue weighted by atomic mass is 10.1. The van der Waals surface area contributed by atoms with Crippen LogP contribution < -0.4 is 5.84 Å². The van der Waals surface area contributed by atoms with Gasteiger partial charge in [0.15, 0.2) is 0 Å². The highest BCUT2D eigenvalue weighted by molar-refractivity contribution is 5.78. The molecule has 0 bridgehead atoms. The molecule has 4 nitrogen and oxygen atoms in total. The number of hydrazine groups is 1. The largest absolute Gasteiger partial charge is 0.340 e. The zero-order valence-corrected chi connectivity index (χ0v) is 9.60. The highest BCUT2D eigenvalue weighted by Crippen LogP contribution is 2.07. The van der Waals surface area contributed by atoms with Crippen LogP contribution in [0.3, 0.4) is 0 Å². The molecule has 2 rings (SSSR count). The molecule has 1 aromatic rings. The smallest absolute Gasteiger partial charge is 0.227 e. The minimum atomic E-state index is -0.280. The number of rotatable bonds is 2. The molecule has 1 saturated heterocycles. The second kappa shape index (κ2) is 5.25. The van der Waals surface area contributed by atoms with E-state index in [-0.39, 0.29) is 11.7 Å². The Morgan fingerprint density at radius 1 is 1.18 bits per heavy atom. The maximum Gasteiger partial charge on any atom is 0.227 e. The molecule has 0 unspecified atom stereocenters.